The molecule has 1 saturated carbocycles. The topological polar surface area (TPSA) is 75.8 Å². The van der Waals surface area contributed by atoms with Gasteiger partial charge in [-0.2, -0.15) is 0 Å². The third kappa shape index (κ3) is 11.4. The second-order valence-electron chi connectivity index (χ2n) is 21.9. The van der Waals surface area contributed by atoms with E-state index in [9.17, 15) is 0 Å². The van der Waals surface area contributed by atoms with Gasteiger partial charge in [0.05, 0.1) is 34.1 Å². The van der Waals surface area contributed by atoms with E-state index < -0.39 is 0 Å². The highest BCUT2D eigenvalue weighted by atomic mass is 14.8. The number of hydrogen-bond acceptors (Lipinski definition) is 6. The van der Waals surface area contributed by atoms with Crippen molar-refractivity contribution in [2.75, 3.05) is 0 Å². The Hall–Kier alpha value is -5.88. The second kappa shape index (κ2) is 17.4. The molecule has 1 aliphatic carbocycles. The van der Waals surface area contributed by atoms with Crippen LogP contribution in [0, 0.1) is 16.2 Å². The number of aliphatic imine (C=N–C) groups is 3. The van der Waals surface area contributed by atoms with Crippen molar-refractivity contribution >= 4 is 35.7 Å². The van der Waals surface area contributed by atoms with Crippen LogP contribution in [0.4, 0.5) is 17.1 Å². The minimum absolute atomic E-state index is 0.0543. The SMILES string of the molecule is CC1(C=Nc2ccc(-c3cc(C(C)(C)C)ccn3)cc2)CC(C)(C=Nc2ccc(-c3cc(C(C)(C)C)ccn3)cc2)CC(C)(C=Nc2ccc(-c3cc(C(C)(C)C)ccn3)cc2)C1. The van der Waals surface area contributed by atoms with Crippen molar-refractivity contribution in [3.05, 3.63) is 144 Å². The van der Waals surface area contributed by atoms with E-state index in [1.165, 1.54) is 16.7 Å². The standard InChI is InChI=1S/C57H66N6/c1-52(2,3)43-25-28-58-49(31-43)40-13-19-46(20-14-40)61-37-55(10)34-56(11,38-62-47-21-15-41(16-22-47)50-32-44(26-29-59-50)53(4,5)6)36-57(12,35-55)39-63-48-23-17-42(18-24-48)51-33-45(27-30-60-51)54(7,8)9/h13-33,37-39H,34-36H2,1-12H3. The van der Waals surface area contributed by atoms with Crippen molar-refractivity contribution in [2.24, 2.45) is 31.2 Å². The summed E-state index contributed by atoms with van der Waals surface area (Å²) in [6.07, 6.45) is 15.0. The van der Waals surface area contributed by atoms with Crippen molar-refractivity contribution in [3.63, 3.8) is 0 Å². The van der Waals surface area contributed by atoms with Crippen LogP contribution in [0.3, 0.4) is 0 Å². The largest absolute Gasteiger partial charge is 0.261 e. The molecule has 324 valence electrons. The van der Waals surface area contributed by atoms with Crippen molar-refractivity contribution in [1.29, 1.82) is 0 Å². The molecule has 6 heteroatoms. The first-order valence-electron chi connectivity index (χ1n) is 22.4. The molecule has 0 N–H and O–H groups in total. The molecule has 6 aromatic rings. The van der Waals surface area contributed by atoms with Gasteiger partial charge in [0.2, 0.25) is 0 Å². The van der Waals surface area contributed by atoms with Gasteiger partial charge in [-0.15, -0.1) is 0 Å². The van der Waals surface area contributed by atoms with Gasteiger partial charge in [0.1, 0.15) is 0 Å². The van der Waals surface area contributed by atoms with E-state index in [1.54, 1.807) is 0 Å². The van der Waals surface area contributed by atoms with Gasteiger partial charge < -0.3 is 0 Å². The number of rotatable bonds is 9. The number of nitrogens with zero attached hydrogens (tertiary/aromatic N) is 6. The van der Waals surface area contributed by atoms with Crippen LogP contribution in [-0.2, 0) is 16.2 Å². The van der Waals surface area contributed by atoms with E-state index in [2.05, 4.69) is 226 Å². The number of benzene rings is 3. The molecule has 0 spiro atoms. The fourth-order valence-electron chi connectivity index (χ4n) is 9.24. The Morgan fingerprint density at radius 1 is 0.381 bits per heavy atom. The fraction of sp³-hybridized carbons (Fsp3) is 0.368. The van der Waals surface area contributed by atoms with E-state index in [0.717, 1.165) is 70.1 Å². The Morgan fingerprint density at radius 3 is 0.841 bits per heavy atom. The summed E-state index contributed by atoms with van der Waals surface area (Å²) < 4.78 is 0. The number of pyridine rings is 3. The Kier molecular flexibility index (Phi) is 12.4. The molecule has 1 aliphatic rings. The third-order valence-electron chi connectivity index (χ3n) is 12.4. The van der Waals surface area contributed by atoms with Crippen molar-refractivity contribution < 1.29 is 0 Å². The maximum Gasteiger partial charge on any atom is 0.0704 e. The van der Waals surface area contributed by atoms with Crippen molar-refractivity contribution in [1.82, 2.24) is 15.0 Å². The lowest BCUT2D eigenvalue weighted by molar-refractivity contribution is 0.121. The van der Waals surface area contributed by atoms with Crippen molar-refractivity contribution in [2.45, 2.75) is 119 Å². The Balaban J connectivity index is 1.15. The van der Waals surface area contributed by atoms with Crippen LogP contribution in [0.25, 0.3) is 33.8 Å². The molecule has 3 heterocycles. The van der Waals surface area contributed by atoms with Gasteiger partial charge in [0.25, 0.3) is 0 Å². The van der Waals surface area contributed by atoms with Crippen LogP contribution in [0.1, 0.15) is 119 Å². The van der Waals surface area contributed by atoms with Gasteiger partial charge in [0.15, 0.2) is 0 Å². The summed E-state index contributed by atoms with van der Waals surface area (Å²) in [4.78, 5) is 29.5. The maximum atomic E-state index is 5.13. The molecule has 0 bridgehead atoms. The highest BCUT2D eigenvalue weighted by Gasteiger charge is 2.47. The molecule has 1 fully saturated rings. The summed E-state index contributed by atoms with van der Waals surface area (Å²) in [5, 5.41) is 0. The van der Waals surface area contributed by atoms with Crippen molar-refractivity contribution in [3.8, 4) is 33.8 Å². The molecule has 0 aliphatic heterocycles. The zero-order chi connectivity index (χ0) is 45.3. The maximum absolute atomic E-state index is 5.13. The fourth-order valence-corrected chi connectivity index (χ4v) is 9.24. The first-order valence-corrected chi connectivity index (χ1v) is 22.4. The molecular formula is C57H66N6. The smallest absolute Gasteiger partial charge is 0.0704 e. The Labute approximate surface area is 377 Å². The molecule has 0 unspecified atom stereocenters. The van der Waals surface area contributed by atoms with E-state index in [1.807, 2.05) is 18.6 Å². The molecular weight excluding hydrogens is 769 g/mol. The lowest BCUT2D eigenvalue weighted by Crippen LogP contribution is -2.44. The highest BCUT2D eigenvalue weighted by Crippen LogP contribution is 2.53. The van der Waals surface area contributed by atoms with E-state index in [0.29, 0.717) is 0 Å². The number of aromatic nitrogens is 3. The minimum Gasteiger partial charge on any atom is -0.261 e. The Bertz CT molecular complexity index is 2310. The predicted molar refractivity (Wildman–Crippen MR) is 268 cm³/mol. The van der Waals surface area contributed by atoms with E-state index in [-0.39, 0.29) is 32.5 Å². The minimum atomic E-state index is -0.234. The molecule has 3 aromatic carbocycles. The monoisotopic (exact) mass is 835 g/mol. The Morgan fingerprint density at radius 2 is 0.619 bits per heavy atom. The zero-order valence-corrected chi connectivity index (χ0v) is 39.7. The van der Waals surface area contributed by atoms with Gasteiger partial charge in [-0.1, -0.05) is 119 Å². The van der Waals surface area contributed by atoms with Gasteiger partial charge in [-0.05, 0) is 125 Å². The summed E-state index contributed by atoms with van der Waals surface area (Å²) in [7, 11) is 0. The summed E-state index contributed by atoms with van der Waals surface area (Å²) in [5.41, 5.74) is 12.2. The molecule has 0 radical (unpaired) electrons. The van der Waals surface area contributed by atoms with Crippen LogP contribution in [0.15, 0.2) is 143 Å². The molecule has 0 atom stereocenters. The normalized spacial score (nSPS) is 21.1. The summed E-state index contributed by atoms with van der Waals surface area (Å²) in [6.45, 7) is 27.1. The third-order valence-corrected chi connectivity index (χ3v) is 12.4. The average Bonchev–Trinajstić information content (AvgIpc) is 3.24. The molecule has 7 rings (SSSR count). The quantitative estimate of drug-likeness (QED) is 0.136. The first kappa shape index (κ1) is 45.2. The van der Waals surface area contributed by atoms with E-state index in [4.69, 9.17) is 15.0 Å². The lowest BCUT2D eigenvalue weighted by atomic mass is 9.55. The zero-order valence-electron chi connectivity index (χ0n) is 39.7. The van der Waals surface area contributed by atoms with Gasteiger partial charge in [0, 0.05) is 70.2 Å². The molecule has 0 amide bonds. The van der Waals surface area contributed by atoms with Crippen LogP contribution in [0.2, 0.25) is 0 Å². The van der Waals surface area contributed by atoms with Crippen LogP contribution in [-0.4, -0.2) is 33.6 Å². The van der Waals surface area contributed by atoms with E-state index >= 15 is 0 Å². The molecule has 63 heavy (non-hydrogen) atoms. The molecule has 0 saturated heterocycles. The second-order valence-corrected chi connectivity index (χ2v) is 21.9. The van der Waals surface area contributed by atoms with Gasteiger partial charge in [-0.25, -0.2) is 0 Å². The first-order chi connectivity index (χ1) is 29.6. The number of hydrogen-bond donors (Lipinski definition) is 0. The van der Waals surface area contributed by atoms with Crippen LogP contribution in [0.5, 0.6) is 0 Å². The van der Waals surface area contributed by atoms with Gasteiger partial charge >= 0.3 is 0 Å². The molecule has 6 nitrogen and oxygen atoms in total. The summed E-state index contributed by atoms with van der Waals surface area (Å²) >= 11 is 0. The molecule has 3 aromatic heterocycles. The van der Waals surface area contributed by atoms with Crippen LogP contribution < -0.4 is 0 Å². The predicted octanol–water partition coefficient (Wildman–Crippen LogP) is 15.5. The lowest BCUT2D eigenvalue weighted by Gasteiger charge is -2.49. The summed E-state index contributed by atoms with van der Waals surface area (Å²) in [5.74, 6) is 0. The van der Waals surface area contributed by atoms with Crippen LogP contribution >= 0.6 is 0 Å². The summed E-state index contributed by atoms with van der Waals surface area (Å²) in [6, 6.07) is 38.3. The highest BCUT2D eigenvalue weighted by molar-refractivity contribution is 5.79. The average molecular weight is 835 g/mol. The van der Waals surface area contributed by atoms with Gasteiger partial charge in [-0.3, -0.25) is 29.9 Å².